The largest absolute Gasteiger partial charge is 0.309 e. The van der Waals surface area contributed by atoms with Crippen molar-refractivity contribution in [1.82, 2.24) is 13.7 Å². The molecule has 0 unspecified atom stereocenters. The van der Waals surface area contributed by atoms with Crippen LogP contribution in [-0.2, 0) is 0 Å². The van der Waals surface area contributed by atoms with E-state index in [1.165, 1.54) is 128 Å². The minimum absolute atomic E-state index is 1.16. The Morgan fingerprint density at radius 3 is 1.25 bits per heavy atom. The lowest BCUT2D eigenvalue weighted by atomic mass is 10.0. The topological polar surface area (TPSA) is 14.8 Å². The first-order valence-electron chi connectivity index (χ1n) is 23.0. The van der Waals surface area contributed by atoms with Gasteiger partial charge in [-0.1, -0.05) is 121 Å². The zero-order valence-electron chi connectivity index (χ0n) is 36.4. The molecule has 15 aromatic rings. The van der Waals surface area contributed by atoms with Crippen molar-refractivity contribution in [2.24, 2.45) is 0 Å². The van der Waals surface area contributed by atoms with E-state index in [-0.39, 0.29) is 0 Å². The molecule has 0 N–H and O–H groups in total. The van der Waals surface area contributed by atoms with Crippen LogP contribution in [0.1, 0.15) is 0 Å². The van der Waals surface area contributed by atoms with Crippen LogP contribution < -0.4 is 0 Å². The molecular formula is C62H37N3S3. The van der Waals surface area contributed by atoms with Gasteiger partial charge in [-0.15, -0.1) is 34.0 Å². The second-order valence-corrected chi connectivity index (χ2v) is 20.9. The molecule has 0 spiro atoms. The highest BCUT2D eigenvalue weighted by atomic mass is 32.1. The second kappa shape index (κ2) is 14.8. The molecular weight excluding hydrogens is 883 g/mol. The number of thiophene rings is 3. The Hall–Kier alpha value is -8.00. The Labute approximate surface area is 402 Å². The van der Waals surface area contributed by atoms with E-state index in [0.717, 1.165) is 5.69 Å². The zero-order valence-corrected chi connectivity index (χ0v) is 38.9. The number of para-hydroxylation sites is 4. The highest BCUT2D eigenvalue weighted by Gasteiger charge is 2.22. The Morgan fingerprint density at radius 2 is 0.647 bits per heavy atom. The number of nitrogens with zero attached hydrogens (tertiary/aromatic N) is 3. The Balaban J connectivity index is 0.888. The minimum Gasteiger partial charge on any atom is -0.309 e. The maximum atomic E-state index is 2.50. The number of hydrogen-bond acceptors (Lipinski definition) is 3. The normalized spacial score (nSPS) is 12.1. The first-order chi connectivity index (χ1) is 33.7. The van der Waals surface area contributed by atoms with Gasteiger partial charge in [-0.3, -0.25) is 0 Å². The van der Waals surface area contributed by atoms with Crippen LogP contribution in [0.2, 0.25) is 0 Å². The van der Waals surface area contributed by atoms with Gasteiger partial charge in [0, 0.05) is 68.5 Å². The summed E-state index contributed by atoms with van der Waals surface area (Å²) in [5, 5.41) is 7.70. The van der Waals surface area contributed by atoms with E-state index in [1.54, 1.807) is 0 Å². The lowest BCUT2D eigenvalue weighted by Crippen LogP contribution is -1.93. The summed E-state index contributed by atoms with van der Waals surface area (Å²) in [6, 6.07) is 82.9. The second-order valence-electron chi connectivity index (χ2n) is 17.7. The van der Waals surface area contributed by atoms with Gasteiger partial charge < -0.3 is 13.7 Å². The van der Waals surface area contributed by atoms with Gasteiger partial charge in [-0.2, -0.15) is 0 Å². The molecule has 6 aromatic heterocycles. The molecule has 0 radical (unpaired) electrons. The Bertz CT molecular complexity index is 4480. The van der Waals surface area contributed by atoms with E-state index in [0.29, 0.717) is 0 Å². The van der Waals surface area contributed by atoms with Crippen LogP contribution in [0.5, 0.6) is 0 Å². The van der Waals surface area contributed by atoms with Crippen molar-refractivity contribution >= 4 is 118 Å². The maximum Gasteiger partial charge on any atom is 0.0711 e. The lowest BCUT2D eigenvalue weighted by Gasteiger charge is -2.10. The molecule has 68 heavy (non-hydrogen) atoms. The smallest absolute Gasteiger partial charge is 0.0711 e. The van der Waals surface area contributed by atoms with Crippen molar-refractivity contribution < 1.29 is 0 Å². The average molecular weight is 920 g/mol. The molecule has 0 aliphatic rings. The predicted octanol–water partition coefficient (Wildman–Crippen LogP) is 18.5. The van der Waals surface area contributed by atoms with Crippen molar-refractivity contribution in [1.29, 1.82) is 0 Å². The lowest BCUT2D eigenvalue weighted by molar-refractivity contribution is 1.18. The molecule has 3 nitrogen and oxygen atoms in total. The van der Waals surface area contributed by atoms with Crippen molar-refractivity contribution in [3.8, 4) is 49.1 Å². The third-order valence-electron chi connectivity index (χ3n) is 13.9. The predicted molar refractivity (Wildman–Crippen MR) is 294 cm³/mol. The van der Waals surface area contributed by atoms with Crippen LogP contribution in [0.3, 0.4) is 0 Å². The quantitative estimate of drug-likeness (QED) is 0.158. The molecule has 9 aromatic carbocycles. The molecule has 15 rings (SSSR count). The van der Waals surface area contributed by atoms with E-state index >= 15 is 0 Å². The van der Waals surface area contributed by atoms with Gasteiger partial charge in [0.1, 0.15) is 0 Å². The molecule has 0 saturated heterocycles. The zero-order chi connectivity index (χ0) is 44.5. The number of aromatic nitrogens is 3. The van der Waals surface area contributed by atoms with Crippen molar-refractivity contribution in [3.63, 3.8) is 0 Å². The molecule has 0 fully saturated rings. The SMILES string of the molecule is c1ccc(-n2c3ccccc3c3cc(-c4ccc(-n5c6cc(-c7ccc8sc9ccccc9c8c7)sc6c6sc(-c7ccc8c(c7)c7ccccc7n8-c7ccccc7)cc65)cc4)ccc32)cc1. The van der Waals surface area contributed by atoms with E-state index in [2.05, 4.69) is 238 Å². The van der Waals surface area contributed by atoms with Gasteiger partial charge in [0.25, 0.3) is 0 Å². The molecule has 0 bridgehead atoms. The fourth-order valence-electron chi connectivity index (χ4n) is 10.8. The Morgan fingerprint density at radius 1 is 0.235 bits per heavy atom. The maximum absolute atomic E-state index is 2.50. The first-order valence-corrected chi connectivity index (χ1v) is 25.4. The first kappa shape index (κ1) is 38.1. The third kappa shape index (κ3) is 5.69. The van der Waals surface area contributed by atoms with Crippen LogP contribution in [0.15, 0.2) is 224 Å². The van der Waals surface area contributed by atoms with Gasteiger partial charge in [0.05, 0.1) is 42.5 Å². The van der Waals surface area contributed by atoms with Crippen LogP contribution in [0.25, 0.3) is 133 Å². The van der Waals surface area contributed by atoms with Gasteiger partial charge in [0.15, 0.2) is 0 Å². The average Bonchev–Trinajstić information content (AvgIpc) is 4.26. The van der Waals surface area contributed by atoms with E-state index in [4.69, 9.17) is 0 Å². The van der Waals surface area contributed by atoms with Crippen LogP contribution >= 0.6 is 34.0 Å². The summed E-state index contributed by atoms with van der Waals surface area (Å²) in [4.78, 5) is 2.55. The van der Waals surface area contributed by atoms with Crippen molar-refractivity contribution in [2.75, 3.05) is 0 Å². The van der Waals surface area contributed by atoms with Crippen LogP contribution in [0, 0.1) is 0 Å². The summed E-state index contributed by atoms with van der Waals surface area (Å²) >= 11 is 5.70. The van der Waals surface area contributed by atoms with Gasteiger partial charge in [-0.05, 0) is 125 Å². The van der Waals surface area contributed by atoms with Gasteiger partial charge >= 0.3 is 0 Å². The molecule has 0 amide bonds. The van der Waals surface area contributed by atoms with Crippen LogP contribution in [-0.4, -0.2) is 13.7 Å². The Kier molecular flexibility index (Phi) is 8.27. The summed E-state index contributed by atoms with van der Waals surface area (Å²) in [6.45, 7) is 0. The van der Waals surface area contributed by atoms with Gasteiger partial charge in [-0.25, -0.2) is 0 Å². The standard InChI is InChI=1S/C62H37N3S3/c1-3-13-42(14-4-1)63-51-20-10-7-17-45(51)48-33-39(25-30-53(48)63)38-23-28-44(29-24-38)65-55-36-59(40-26-31-54-49(34-40)46-18-8-11-21-52(46)64(54)43-15-5-2-6-16-43)67-61(55)62-56(65)37-60(68-62)41-27-32-58-50(35-41)47-19-9-12-22-57(47)66-58/h1-37H. The fourth-order valence-corrected chi connectivity index (χ4v) is 14.3. The number of hydrogen-bond donors (Lipinski definition) is 0. The summed E-state index contributed by atoms with van der Waals surface area (Å²) in [6.07, 6.45) is 0. The summed E-state index contributed by atoms with van der Waals surface area (Å²) in [7, 11) is 0. The number of rotatable bonds is 6. The molecule has 0 atom stereocenters. The molecule has 318 valence electrons. The van der Waals surface area contributed by atoms with E-state index < -0.39 is 0 Å². The molecule has 0 aliphatic carbocycles. The summed E-state index contributed by atoms with van der Waals surface area (Å²) in [5.74, 6) is 0. The van der Waals surface area contributed by atoms with Crippen LogP contribution in [0.4, 0.5) is 0 Å². The van der Waals surface area contributed by atoms with Crippen molar-refractivity contribution in [2.45, 2.75) is 0 Å². The molecule has 0 aliphatic heterocycles. The third-order valence-corrected chi connectivity index (χ3v) is 17.6. The van der Waals surface area contributed by atoms with Gasteiger partial charge in [0.2, 0.25) is 0 Å². The minimum atomic E-state index is 1.16. The summed E-state index contributed by atoms with van der Waals surface area (Å²) < 4.78 is 12.6. The summed E-state index contributed by atoms with van der Waals surface area (Å²) in [5.41, 5.74) is 15.8. The fraction of sp³-hybridized carbons (Fsp3) is 0. The number of fused-ring (bicyclic) bond motifs is 12. The molecule has 0 saturated carbocycles. The highest BCUT2D eigenvalue weighted by Crippen LogP contribution is 2.48. The van der Waals surface area contributed by atoms with Crippen molar-refractivity contribution in [3.05, 3.63) is 224 Å². The number of benzene rings is 9. The molecule has 6 heterocycles. The molecule has 6 heteroatoms. The van der Waals surface area contributed by atoms with E-state index in [1.807, 2.05) is 34.0 Å². The van der Waals surface area contributed by atoms with E-state index in [9.17, 15) is 0 Å². The highest BCUT2D eigenvalue weighted by molar-refractivity contribution is 7.30. The monoisotopic (exact) mass is 919 g/mol.